The first-order valence-electron chi connectivity index (χ1n) is 7.69. The minimum absolute atomic E-state index is 0.0263. The molecule has 1 aromatic rings. The number of methoxy groups -OCH3 is 1. The first-order chi connectivity index (χ1) is 10.8. The summed E-state index contributed by atoms with van der Waals surface area (Å²) >= 11 is 0. The Kier molecular flexibility index (Phi) is 7.88. The number of nitrogens with one attached hydrogen (secondary N) is 2. The fourth-order valence-corrected chi connectivity index (χ4v) is 2.70. The van der Waals surface area contributed by atoms with E-state index in [4.69, 9.17) is 4.74 Å². The Balaban J connectivity index is 2.61. The Morgan fingerprint density at radius 1 is 1.30 bits per heavy atom. The third kappa shape index (κ3) is 8.44. The standard InChI is InChI=1S/C16H27N3O3S/c1-5-17-16(19-13(2)10-11-23(4,20)21)18-12-14-6-8-15(22-3)9-7-14/h6-9,13H,5,10-12H2,1-4H3,(H2,17,18,19). The number of nitrogens with zero attached hydrogens (tertiary/aromatic N) is 1. The number of guanidine groups is 1. The molecule has 0 spiro atoms. The zero-order chi connectivity index (χ0) is 17.3. The van der Waals surface area contributed by atoms with Gasteiger partial charge in [0.1, 0.15) is 15.6 Å². The van der Waals surface area contributed by atoms with Crippen molar-refractivity contribution in [2.75, 3.05) is 25.7 Å². The molecule has 0 fully saturated rings. The van der Waals surface area contributed by atoms with Crippen LogP contribution in [-0.4, -0.2) is 46.1 Å². The molecule has 0 bridgehead atoms. The highest BCUT2D eigenvalue weighted by Gasteiger charge is 2.09. The van der Waals surface area contributed by atoms with Gasteiger partial charge in [-0.05, 0) is 38.0 Å². The first-order valence-corrected chi connectivity index (χ1v) is 9.75. The van der Waals surface area contributed by atoms with E-state index in [2.05, 4.69) is 15.6 Å². The topological polar surface area (TPSA) is 79.8 Å². The van der Waals surface area contributed by atoms with Gasteiger partial charge in [0, 0.05) is 18.8 Å². The lowest BCUT2D eigenvalue weighted by Crippen LogP contribution is -2.42. The molecule has 1 aromatic carbocycles. The second kappa shape index (κ2) is 9.39. The SMILES string of the molecule is CCNC(=NCc1ccc(OC)cc1)NC(C)CCS(C)(=O)=O. The van der Waals surface area contributed by atoms with Crippen LogP contribution in [0.25, 0.3) is 0 Å². The molecular weight excluding hydrogens is 314 g/mol. The molecule has 1 unspecified atom stereocenters. The van der Waals surface area contributed by atoms with Crippen LogP contribution in [0.5, 0.6) is 5.75 Å². The van der Waals surface area contributed by atoms with Crippen molar-refractivity contribution in [3.05, 3.63) is 29.8 Å². The fraction of sp³-hybridized carbons (Fsp3) is 0.562. The Morgan fingerprint density at radius 2 is 1.96 bits per heavy atom. The molecule has 0 amide bonds. The first kappa shape index (κ1) is 19.3. The number of hydrogen-bond donors (Lipinski definition) is 2. The Labute approximate surface area is 139 Å². The van der Waals surface area contributed by atoms with Crippen LogP contribution in [0.3, 0.4) is 0 Å². The number of aliphatic imine (C=N–C) groups is 1. The van der Waals surface area contributed by atoms with Crippen molar-refractivity contribution >= 4 is 15.8 Å². The van der Waals surface area contributed by atoms with Gasteiger partial charge < -0.3 is 15.4 Å². The van der Waals surface area contributed by atoms with Gasteiger partial charge in [-0.1, -0.05) is 12.1 Å². The van der Waals surface area contributed by atoms with E-state index in [-0.39, 0.29) is 11.8 Å². The molecule has 2 N–H and O–H groups in total. The van der Waals surface area contributed by atoms with Crippen molar-refractivity contribution in [2.45, 2.75) is 32.9 Å². The van der Waals surface area contributed by atoms with E-state index in [9.17, 15) is 8.42 Å². The normalized spacial score (nSPS) is 13.5. The third-order valence-electron chi connectivity index (χ3n) is 3.23. The van der Waals surface area contributed by atoms with E-state index < -0.39 is 9.84 Å². The molecule has 0 saturated heterocycles. The monoisotopic (exact) mass is 341 g/mol. The summed E-state index contributed by atoms with van der Waals surface area (Å²) in [5, 5.41) is 6.40. The van der Waals surface area contributed by atoms with E-state index in [0.717, 1.165) is 17.9 Å². The van der Waals surface area contributed by atoms with Crippen molar-refractivity contribution in [1.29, 1.82) is 0 Å². The molecule has 0 aromatic heterocycles. The average Bonchev–Trinajstić information content (AvgIpc) is 2.51. The zero-order valence-electron chi connectivity index (χ0n) is 14.3. The minimum atomic E-state index is -2.94. The molecule has 7 heteroatoms. The highest BCUT2D eigenvalue weighted by molar-refractivity contribution is 7.90. The highest BCUT2D eigenvalue weighted by Crippen LogP contribution is 2.11. The predicted octanol–water partition coefficient (Wildman–Crippen LogP) is 1.57. The molecular formula is C16H27N3O3S. The van der Waals surface area contributed by atoms with Gasteiger partial charge in [0.2, 0.25) is 0 Å². The molecule has 0 aliphatic carbocycles. The summed E-state index contributed by atoms with van der Waals surface area (Å²) in [6.45, 7) is 5.22. The summed E-state index contributed by atoms with van der Waals surface area (Å²) in [5.74, 6) is 1.67. The fourth-order valence-electron chi connectivity index (χ4n) is 1.92. The number of sulfone groups is 1. The van der Waals surface area contributed by atoms with Crippen molar-refractivity contribution in [1.82, 2.24) is 10.6 Å². The maximum atomic E-state index is 11.2. The minimum Gasteiger partial charge on any atom is -0.497 e. The van der Waals surface area contributed by atoms with Crippen LogP contribution in [0.4, 0.5) is 0 Å². The average molecular weight is 341 g/mol. The van der Waals surface area contributed by atoms with Crippen LogP contribution < -0.4 is 15.4 Å². The summed E-state index contributed by atoms with van der Waals surface area (Å²) in [7, 11) is -1.30. The van der Waals surface area contributed by atoms with Gasteiger partial charge in [-0.15, -0.1) is 0 Å². The van der Waals surface area contributed by atoms with Crippen molar-refractivity contribution in [3.8, 4) is 5.75 Å². The van der Waals surface area contributed by atoms with Crippen LogP contribution in [0, 0.1) is 0 Å². The largest absolute Gasteiger partial charge is 0.497 e. The lowest BCUT2D eigenvalue weighted by atomic mass is 10.2. The lowest BCUT2D eigenvalue weighted by Gasteiger charge is -2.17. The summed E-state index contributed by atoms with van der Waals surface area (Å²) in [6.07, 6.45) is 1.80. The summed E-state index contributed by atoms with van der Waals surface area (Å²) in [6, 6.07) is 7.77. The molecule has 0 aliphatic heterocycles. The van der Waals surface area contributed by atoms with Crippen molar-refractivity contribution in [2.24, 2.45) is 4.99 Å². The Morgan fingerprint density at radius 3 is 2.48 bits per heavy atom. The van der Waals surface area contributed by atoms with Crippen molar-refractivity contribution in [3.63, 3.8) is 0 Å². The van der Waals surface area contributed by atoms with E-state index in [0.29, 0.717) is 18.9 Å². The van der Waals surface area contributed by atoms with Gasteiger partial charge in [0.05, 0.1) is 19.4 Å². The molecule has 1 atom stereocenters. The quantitative estimate of drug-likeness (QED) is 0.554. The lowest BCUT2D eigenvalue weighted by molar-refractivity contribution is 0.414. The summed E-state index contributed by atoms with van der Waals surface area (Å²) < 4.78 is 27.6. The number of rotatable bonds is 8. The highest BCUT2D eigenvalue weighted by atomic mass is 32.2. The van der Waals surface area contributed by atoms with Gasteiger partial charge >= 0.3 is 0 Å². The van der Waals surface area contributed by atoms with Crippen LogP contribution >= 0.6 is 0 Å². The molecule has 6 nitrogen and oxygen atoms in total. The second-order valence-electron chi connectivity index (χ2n) is 5.51. The van der Waals surface area contributed by atoms with Gasteiger partial charge in [0.25, 0.3) is 0 Å². The van der Waals surface area contributed by atoms with Crippen LogP contribution in [-0.2, 0) is 16.4 Å². The molecule has 130 valence electrons. The summed E-state index contributed by atoms with van der Waals surface area (Å²) in [4.78, 5) is 4.53. The van der Waals surface area contributed by atoms with Gasteiger partial charge in [-0.3, -0.25) is 0 Å². The van der Waals surface area contributed by atoms with Gasteiger partial charge in [-0.25, -0.2) is 13.4 Å². The Bertz CT molecular complexity index is 598. The number of hydrogen-bond acceptors (Lipinski definition) is 4. The van der Waals surface area contributed by atoms with E-state index in [1.54, 1.807) is 7.11 Å². The van der Waals surface area contributed by atoms with E-state index in [1.165, 1.54) is 6.26 Å². The molecule has 0 heterocycles. The zero-order valence-corrected chi connectivity index (χ0v) is 15.1. The van der Waals surface area contributed by atoms with E-state index >= 15 is 0 Å². The maximum Gasteiger partial charge on any atom is 0.191 e. The Hall–Kier alpha value is -1.76. The number of ether oxygens (including phenoxy) is 1. The van der Waals surface area contributed by atoms with Crippen LogP contribution in [0.15, 0.2) is 29.3 Å². The molecule has 0 radical (unpaired) electrons. The third-order valence-corrected chi connectivity index (χ3v) is 4.21. The molecule has 0 saturated carbocycles. The van der Waals surface area contributed by atoms with Gasteiger partial charge in [-0.2, -0.15) is 0 Å². The van der Waals surface area contributed by atoms with Crippen LogP contribution in [0.1, 0.15) is 25.8 Å². The maximum absolute atomic E-state index is 11.2. The van der Waals surface area contributed by atoms with E-state index in [1.807, 2.05) is 38.1 Å². The molecule has 0 aliphatic rings. The number of benzene rings is 1. The summed E-state index contributed by atoms with van der Waals surface area (Å²) in [5.41, 5.74) is 1.08. The second-order valence-corrected chi connectivity index (χ2v) is 7.77. The van der Waals surface area contributed by atoms with Crippen molar-refractivity contribution < 1.29 is 13.2 Å². The van der Waals surface area contributed by atoms with Gasteiger partial charge in [0.15, 0.2) is 5.96 Å². The molecule has 23 heavy (non-hydrogen) atoms. The smallest absolute Gasteiger partial charge is 0.191 e. The van der Waals surface area contributed by atoms with Crippen LogP contribution in [0.2, 0.25) is 0 Å². The predicted molar refractivity (Wildman–Crippen MR) is 94.7 cm³/mol. The molecule has 1 rings (SSSR count).